The topological polar surface area (TPSA) is 38.7 Å². The first-order chi connectivity index (χ1) is 5.97. The van der Waals surface area contributed by atoms with Crippen molar-refractivity contribution in [2.45, 2.75) is 0 Å². The maximum Gasteiger partial charge on any atom is 0.109 e. The maximum absolute atomic E-state index is 4.13. The highest BCUT2D eigenvalue weighted by Crippen LogP contribution is 2.09. The van der Waals surface area contributed by atoms with Crippen LogP contribution in [-0.2, 0) is 0 Å². The minimum atomic E-state index is 0.748. The van der Waals surface area contributed by atoms with Gasteiger partial charge in [0.05, 0.1) is 18.1 Å². The zero-order valence-electron chi connectivity index (χ0n) is 6.31. The normalized spacial score (nSPS) is 9.67. The molecule has 0 aliphatic carbocycles. The van der Waals surface area contributed by atoms with Gasteiger partial charge in [0.2, 0.25) is 0 Å². The van der Waals surface area contributed by atoms with E-state index in [4.69, 9.17) is 0 Å². The largest absolute Gasteiger partial charge is 0.260 e. The van der Waals surface area contributed by atoms with E-state index in [-0.39, 0.29) is 0 Å². The van der Waals surface area contributed by atoms with Gasteiger partial charge in [-0.15, -0.1) is 0 Å². The first-order valence-corrected chi connectivity index (χ1v) is 3.56. The second kappa shape index (κ2) is 3.09. The first-order valence-electron chi connectivity index (χ1n) is 3.56. The van der Waals surface area contributed by atoms with Gasteiger partial charge in [0.1, 0.15) is 11.9 Å². The van der Waals surface area contributed by atoms with Crippen LogP contribution in [0.1, 0.15) is 0 Å². The van der Waals surface area contributed by atoms with Crippen LogP contribution in [0.3, 0.4) is 0 Å². The van der Waals surface area contributed by atoms with Crippen molar-refractivity contribution in [1.29, 1.82) is 0 Å². The fraction of sp³-hybridized carbons (Fsp3) is 0. The molecule has 0 aromatic carbocycles. The Morgan fingerprint density at radius 3 is 2.83 bits per heavy atom. The monoisotopic (exact) mass is 156 g/mol. The Bertz CT molecular complexity index is 307. The summed E-state index contributed by atoms with van der Waals surface area (Å²) in [7, 11) is 0. The minimum absolute atomic E-state index is 0.748. The lowest BCUT2D eigenvalue weighted by atomic mass is 10.3. The molecule has 0 aliphatic rings. The molecule has 2 aromatic rings. The van der Waals surface area contributed by atoms with Gasteiger partial charge in [0.15, 0.2) is 0 Å². The summed E-state index contributed by atoms with van der Waals surface area (Å²) in [5, 5.41) is 0. The van der Waals surface area contributed by atoms with Gasteiger partial charge < -0.3 is 0 Å². The smallest absolute Gasteiger partial charge is 0.109 e. The molecule has 0 spiro atoms. The summed E-state index contributed by atoms with van der Waals surface area (Å²) in [5.41, 5.74) is 1.57. The maximum atomic E-state index is 4.13. The third-order valence-corrected chi connectivity index (χ3v) is 1.44. The quantitative estimate of drug-likeness (QED) is 0.625. The van der Waals surface area contributed by atoms with Gasteiger partial charge in [-0.05, 0) is 12.1 Å². The Morgan fingerprint density at radius 2 is 2.17 bits per heavy atom. The van der Waals surface area contributed by atoms with Crippen LogP contribution in [0.2, 0.25) is 0 Å². The molecule has 0 N–H and O–H groups in total. The zero-order valence-corrected chi connectivity index (χ0v) is 6.31. The molecule has 1 radical (unpaired) electrons. The van der Waals surface area contributed by atoms with Crippen LogP contribution < -0.4 is 0 Å². The summed E-state index contributed by atoms with van der Waals surface area (Å²) in [5.74, 6) is 0. The average molecular weight is 156 g/mol. The number of aromatic nitrogens is 3. The van der Waals surface area contributed by atoms with Crippen molar-refractivity contribution >= 4 is 0 Å². The predicted octanol–water partition coefficient (Wildman–Crippen LogP) is 1.34. The summed E-state index contributed by atoms with van der Waals surface area (Å²) in [6.45, 7) is 0. The van der Waals surface area contributed by atoms with Gasteiger partial charge in [0.25, 0.3) is 0 Å². The number of hydrogen-bond acceptors (Lipinski definition) is 3. The molecule has 2 aromatic heterocycles. The zero-order chi connectivity index (χ0) is 8.23. The van der Waals surface area contributed by atoms with Gasteiger partial charge in [-0.3, -0.25) is 9.97 Å². The van der Waals surface area contributed by atoms with Gasteiger partial charge in [-0.25, -0.2) is 4.98 Å². The molecule has 0 saturated heterocycles. The van der Waals surface area contributed by atoms with Crippen LogP contribution in [0.4, 0.5) is 0 Å². The van der Waals surface area contributed by atoms with Crippen LogP contribution in [0, 0.1) is 6.20 Å². The number of nitrogens with zero attached hydrogens (tertiary/aromatic N) is 3. The highest BCUT2D eigenvalue weighted by atomic mass is 14.8. The lowest BCUT2D eigenvalue weighted by Gasteiger charge is -1.95. The Kier molecular flexibility index (Phi) is 1.78. The lowest BCUT2D eigenvalue weighted by molar-refractivity contribution is 1.17. The standard InChI is InChI=1S/C9H6N3/c1-2-4-11-8(3-1)9-7-10-5-6-12-9/h1-5,7H. The molecule has 0 unspecified atom stereocenters. The van der Waals surface area contributed by atoms with Crippen LogP contribution in [0.25, 0.3) is 11.4 Å². The van der Waals surface area contributed by atoms with Crippen molar-refractivity contribution in [3.05, 3.63) is 43.0 Å². The van der Waals surface area contributed by atoms with E-state index in [0.29, 0.717) is 0 Å². The van der Waals surface area contributed by atoms with E-state index in [1.807, 2.05) is 18.2 Å². The van der Waals surface area contributed by atoms with Gasteiger partial charge in [0, 0.05) is 6.20 Å². The van der Waals surface area contributed by atoms with Gasteiger partial charge in [-0.1, -0.05) is 6.07 Å². The summed E-state index contributed by atoms with van der Waals surface area (Å²) in [6, 6.07) is 5.67. The molecule has 3 heteroatoms. The third-order valence-electron chi connectivity index (χ3n) is 1.44. The fourth-order valence-electron chi connectivity index (χ4n) is 0.906. The molecule has 3 nitrogen and oxygen atoms in total. The van der Waals surface area contributed by atoms with Crippen LogP contribution >= 0.6 is 0 Å². The molecule has 0 aliphatic heterocycles. The predicted molar refractivity (Wildman–Crippen MR) is 44.1 cm³/mol. The van der Waals surface area contributed by atoms with Crippen molar-refractivity contribution in [3.63, 3.8) is 0 Å². The number of rotatable bonds is 1. The van der Waals surface area contributed by atoms with Crippen molar-refractivity contribution in [2.75, 3.05) is 0 Å². The Hall–Kier alpha value is -1.77. The van der Waals surface area contributed by atoms with E-state index in [1.54, 1.807) is 12.4 Å². The molecular weight excluding hydrogens is 150 g/mol. The molecular formula is C9H6N3. The molecule has 0 atom stereocenters. The van der Waals surface area contributed by atoms with Crippen LogP contribution in [0.5, 0.6) is 0 Å². The molecule has 0 saturated carbocycles. The van der Waals surface area contributed by atoms with E-state index in [0.717, 1.165) is 11.4 Å². The summed E-state index contributed by atoms with van der Waals surface area (Å²) in [4.78, 5) is 12.0. The van der Waals surface area contributed by atoms with Crippen LogP contribution in [-0.4, -0.2) is 15.0 Å². The minimum Gasteiger partial charge on any atom is -0.260 e. The second-order valence-corrected chi connectivity index (χ2v) is 2.25. The van der Waals surface area contributed by atoms with Gasteiger partial charge >= 0.3 is 0 Å². The van der Waals surface area contributed by atoms with E-state index >= 15 is 0 Å². The highest BCUT2D eigenvalue weighted by Gasteiger charge is 1.96. The number of pyridine rings is 1. The first kappa shape index (κ1) is 6.91. The van der Waals surface area contributed by atoms with Crippen molar-refractivity contribution < 1.29 is 0 Å². The van der Waals surface area contributed by atoms with Gasteiger partial charge in [-0.2, -0.15) is 0 Å². The molecule has 2 heterocycles. The summed E-state index contributed by atoms with van der Waals surface area (Å²) < 4.78 is 0. The number of hydrogen-bond donors (Lipinski definition) is 0. The molecule has 57 valence electrons. The molecule has 0 fully saturated rings. The van der Waals surface area contributed by atoms with Crippen molar-refractivity contribution in [1.82, 2.24) is 15.0 Å². The molecule has 0 bridgehead atoms. The average Bonchev–Trinajstić information content (AvgIpc) is 2.21. The van der Waals surface area contributed by atoms with Crippen molar-refractivity contribution in [3.8, 4) is 11.4 Å². The molecule has 0 amide bonds. The Balaban J connectivity index is 2.46. The SMILES string of the molecule is [c]1cncc(-c2ccccn2)n1. The third kappa shape index (κ3) is 1.29. The Labute approximate surface area is 70.1 Å². The van der Waals surface area contributed by atoms with Crippen molar-refractivity contribution in [2.24, 2.45) is 0 Å². The Morgan fingerprint density at radius 1 is 1.17 bits per heavy atom. The molecule has 12 heavy (non-hydrogen) atoms. The van der Waals surface area contributed by atoms with E-state index < -0.39 is 0 Å². The molecule has 2 rings (SSSR count). The summed E-state index contributed by atoms with van der Waals surface area (Å²) in [6.07, 6.45) is 7.57. The van der Waals surface area contributed by atoms with E-state index in [1.165, 1.54) is 6.20 Å². The second-order valence-electron chi connectivity index (χ2n) is 2.25. The highest BCUT2D eigenvalue weighted by molar-refractivity contribution is 5.51. The summed E-state index contributed by atoms with van der Waals surface area (Å²) >= 11 is 0. The van der Waals surface area contributed by atoms with Crippen LogP contribution in [0.15, 0.2) is 36.8 Å². The van der Waals surface area contributed by atoms with E-state index in [2.05, 4.69) is 21.1 Å². The van der Waals surface area contributed by atoms with E-state index in [9.17, 15) is 0 Å². The fourth-order valence-corrected chi connectivity index (χ4v) is 0.906. The lowest BCUT2D eigenvalue weighted by Crippen LogP contribution is -1.86.